The van der Waals surface area contributed by atoms with Crippen molar-refractivity contribution in [1.82, 2.24) is 10.1 Å². The number of nitrogens with zero attached hydrogens (tertiary/aromatic N) is 3. The smallest absolute Gasteiger partial charge is 0.246 e. The van der Waals surface area contributed by atoms with Gasteiger partial charge in [0.15, 0.2) is 11.6 Å². The van der Waals surface area contributed by atoms with Gasteiger partial charge in [-0.05, 0) is 26.0 Å². The Morgan fingerprint density at radius 1 is 1.04 bits per heavy atom. The fraction of sp³-hybridized carbons (Fsp3) is 0.222. The first-order valence-electron chi connectivity index (χ1n) is 7.66. The van der Waals surface area contributed by atoms with Crippen LogP contribution in [-0.4, -0.2) is 16.7 Å². The zero-order chi connectivity index (χ0) is 17.1. The van der Waals surface area contributed by atoms with E-state index in [1.807, 2.05) is 43.0 Å². The van der Waals surface area contributed by atoms with Crippen LogP contribution in [0.4, 0.5) is 14.5 Å². The number of rotatable bonds is 5. The van der Waals surface area contributed by atoms with Crippen LogP contribution in [0.5, 0.6) is 0 Å². The van der Waals surface area contributed by atoms with Gasteiger partial charge in [0, 0.05) is 23.9 Å². The summed E-state index contributed by atoms with van der Waals surface area (Å²) < 4.78 is 31.8. The van der Waals surface area contributed by atoms with Gasteiger partial charge in [-0.2, -0.15) is 4.98 Å². The molecule has 0 spiro atoms. The lowest BCUT2D eigenvalue weighted by molar-refractivity contribution is 0.377. The molecule has 1 heterocycles. The summed E-state index contributed by atoms with van der Waals surface area (Å²) in [6.07, 6.45) is 0. The minimum atomic E-state index is -0.878. The summed E-state index contributed by atoms with van der Waals surface area (Å²) >= 11 is 0. The number of halogens is 2. The Morgan fingerprint density at radius 2 is 1.79 bits per heavy atom. The maximum atomic E-state index is 13.4. The van der Waals surface area contributed by atoms with Gasteiger partial charge in [0.05, 0.1) is 6.54 Å². The van der Waals surface area contributed by atoms with Crippen LogP contribution in [0.25, 0.3) is 11.4 Å². The molecule has 24 heavy (non-hydrogen) atoms. The first kappa shape index (κ1) is 16.1. The molecule has 2 aromatic carbocycles. The molecular weight excluding hydrogens is 312 g/mol. The first-order valence-corrected chi connectivity index (χ1v) is 7.66. The predicted molar refractivity (Wildman–Crippen MR) is 87.6 cm³/mol. The number of hydrogen-bond donors (Lipinski definition) is 0. The Labute approximate surface area is 138 Å². The fourth-order valence-corrected chi connectivity index (χ4v) is 2.37. The van der Waals surface area contributed by atoms with E-state index in [9.17, 15) is 8.78 Å². The predicted octanol–water partition coefficient (Wildman–Crippen LogP) is 4.35. The lowest BCUT2D eigenvalue weighted by Gasteiger charge is -2.21. The van der Waals surface area contributed by atoms with Gasteiger partial charge in [-0.15, -0.1) is 0 Å². The highest BCUT2D eigenvalue weighted by molar-refractivity contribution is 5.54. The molecule has 0 radical (unpaired) electrons. The van der Waals surface area contributed by atoms with Crippen molar-refractivity contribution in [2.24, 2.45) is 0 Å². The summed E-state index contributed by atoms with van der Waals surface area (Å²) in [4.78, 5) is 6.20. The van der Waals surface area contributed by atoms with Crippen molar-refractivity contribution in [2.75, 3.05) is 11.4 Å². The second kappa shape index (κ2) is 6.78. The van der Waals surface area contributed by atoms with E-state index in [2.05, 4.69) is 10.1 Å². The van der Waals surface area contributed by atoms with E-state index in [4.69, 9.17) is 4.52 Å². The molecule has 124 valence electrons. The maximum Gasteiger partial charge on any atom is 0.246 e. The van der Waals surface area contributed by atoms with E-state index in [0.29, 0.717) is 30.5 Å². The average molecular weight is 329 g/mol. The Hall–Kier alpha value is -2.76. The molecule has 0 unspecified atom stereocenters. The molecule has 0 amide bonds. The molecule has 0 saturated carbocycles. The zero-order valence-electron chi connectivity index (χ0n) is 13.5. The average Bonchev–Trinajstić information content (AvgIpc) is 3.04. The standard InChI is InChI=1S/C18H17F2N3O/c1-3-23(14-8-9-15(19)16(20)10-14)11-17-21-18(22-24-17)13-6-4-12(2)5-7-13/h4-10H,3,11H2,1-2H3. The molecule has 3 aromatic rings. The van der Waals surface area contributed by atoms with Crippen LogP contribution < -0.4 is 4.90 Å². The van der Waals surface area contributed by atoms with Crippen molar-refractivity contribution in [2.45, 2.75) is 20.4 Å². The van der Waals surface area contributed by atoms with Crippen LogP contribution in [-0.2, 0) is 6.54 Å². The van der Waals surface area contributed by atoms with Crippen molar-refractivity contribution in [1.29, 1.82) is 0 Å². The van der Waals surface area contributed by atoms with Crippen LogP contribution in [0.15, 0.2) is 47.0 Å². The third kappa shape index (κ3) is 3.42. The lowest BCUT2D eigenvalue weighted by atomic mass is 10.1. The summed E-state index contributed by atoms with van der Waals surface area (Å²) in [5, 5.41) is 3.98. The highest BCUT2D eigenvalue weighted by atomic mass is 19.2. The lowest BCUT2D eigenvalue weighted by Crippen LogP contribution is -2.22. The molecule has 0 atom stereocenters. The van der Waals surface area contributed by atoms with Crippen molar-refractivity contribution < 1.29 is 13.3 Å². The van der Waals surface area contributed by atoms with Crippen molar-refractivity contribution in [3.8, 4) is 11.4 Å². The number of hydrogen-bond acceptors (Lipinski definition) is 4. The van der Waals surface area contributed by atoms with E-state index in [0.717, 1.165) is 23.3 Å². The molecule has 0 aliphatic rings. The van der Waals surface area contributed by atoms with E-state index < -0.39 is 11.6 Å². The summed E-state index contributed by atoms with van der Waals surface area (Å²) in [7, 11) is 0. The van der Waals surface area contributed by atoms with E-state index in [1.165, 1.54) is 6.07 Å². The van der Waals surface area contributed by atoms with Crippen LogP contribution in [0.3, 0.4) is 0 Å². The van der Waals surface area contributed by atoms with E-state index in [1.54, 1.807) is 0 Å². The van der Waals surface area contributed by atoms with Crippen molar-refractivity contribution >= 4 is 5.69 Å². The molecule has 3 rings (SSSR count). The second-order valence-corrected chi connectivity index (χ2v) is 5.49. The Morgan fingerprint density at radius 3 is 2.46 bits per heavy atom. The van der Waals surface area contributed by atoms with Crippen molar-refractivity contribution in [3.63, 3.8) is 0 Å². The quantitative estimate of drug-likeness (QED) is 0.698. The highest BCUT2D eigenvalue weighted by Gasteiger charge is 2.14. The van der Waals surface area contributed by atoms with Gasteiger partial charge in [0.25, 0.3) is 0 Å². The number of aryl methyl sites for hydroxylation is 1. The Bertz CT molecular complexity index is 831. The highest BCUT2D eigenvalue weighted by Crippen LogP contribution is 2.21. The van der Waals surface area contributed by atoms with Crippen LogP contribution in [0.2, 0.25) is 0 Å². The number of benzene rings is 2. The Kier molecular flexibility index (Phi) is 4.55. The van der Waals surface area contributed by atoms with Gasteiger partial charge in [-0.1, -0.05) is 35.0 Å². The molecule has 0 bridgehead atoms. The molecule has 6 heteroatoms. The summed E-state index contributed by atoms with van der Waals surface area (Å²) in [6.45, 7) is 4.83. The summed E-state index contributed by atoms with van der Waals surface area (Å²) in [5.41, 5.74) is 2.58. The minimum absolute atomic E-state index is 0.320. The van der Waals surface area contributed by atoms with Gasteiger partial charge >= 0.3 is 0 Å². The first-order chi connectivity index (χ1) is 11.6. The van der Waals surface area contributed by atoms with Gasteiger partial charge in [-0.25, -0.2) is 8.78 Å². The van der Waals surface area contributed by atoms with Crippen molar-refractivity contribution in [3.05, 3.63) is 65.6 Å². The van der Waals surface area contributed by atoms with Crippen LogP contribution >= 0.6 is 0 Å². The van der Waals surface area contributed by atoms with Crippen LogP contribution in [0, 0.1) is 18.6 Å². The summed E-state index contributed by atoms with van der Waals surface area (Å²) in [5.74, 6) is -0.824. The summed E-state index contributed by atoms with van der Waals surface area (Å²) in [6, 6.07) is 11.6. The second-order valence-electron chi connectivity index (χ2n) is 5.49. The monoisotopic (exact) mass is 329 g/mol. The van der Waals surface area contributed by atoms with Gasteiger partial charge < -0.3 is 9.42 Å². The normalized spacial score (nSPS) is 10.8. The molecule has 0 fully saturated rings. The third-order valence-electron chi connectivity index (χ3n) is 3.75. The molecule has 0 aliphatic carbocycles. The SMILES string of the molecule is CCN(Cc1nc(-c2ccc(C)cc2)no1)c1ccc(F)c(F)c1. The number of aromatic nitrogens is 2. The fourth-order valence-electron chi connectivity index (χ4n) is 2.37. The maximum absolute atomic E-state index is 13.4. The van der Waals surface area contributed by atoms with E-state index >= 15 is 0 Å². The van der Waals surface area contributed by atoms with Gasteiger partial charge in [0.1, 0.15) is 0 Å². The third-order valence-corrected chi connectivity index (χ3v) is 3.75. The molecule has 1 aromatic heterocycles. The Balaban J connectivity index is 1.79. The van der Waals surface area contributed by atoms with E-state index in [-0.39, 0.29) is 0 Å². The minimum Gasteiger partial charge on any atom is -0.362 e. The van der Waals surface area contributed by atoms with Gasteiger partial charge in [0.2, 0.25) is 11.7 Å². The molecule has 0 aliphatic heterocycles. The largest absolute Gasteiger partial charge is 0.362 e. The number of anilines is 1. The molecule has 0 N–H and O–H groups in total. The molecule has 0 saturated heterocycles. The van der Waals surface area contributed by atoms with Gasteiger partial charge in [-0.3, -0.25) is 0 Å². The topological polar surface area (TPSA) is 42.2 Å². The molecular formula is C18H17F2N3O. The zero-order valence-corrected chi connectivity index (χ0v) is 13.5. The molecule has 4 nitrogen and oxygen atoms in total. The van der Waals surface area contributed by atoms with Crippen LogP contribution in [0.1, 0.15) is 18.4 Å².